The summed E-state index contributed by atoms with van der Waals surface area (Å²) >= 11 is 0. The summed E-state index contributed by atoms with van der Waals surface area (Å²) in [7, 11) is 0. The number of nitrogens with zero attached hydrogens (tertiary/aromatic N) is 4. The minimum absolute atomic E-state index is 0.0868. The maximum Gasteiger partial charge on any atom is 0.255 e. The van der Waals surface area contributed by atoms with Crippen LogP contribution >= 0.6 is 0 Å². The molecule has 2 saturated heterocycles. The van der Waals surface area contributed by atoms with Crippen molar-refractivity contribution < 1.29 is 19.1 Å². The zero-order valence-corrected chi connectivity index (χ0v) is 21.7. The van der Waals surface area contributed by atoms with E-state index in [2.05, 4.69) is 15.2 Å². The summed E-state index contributed by atoms with van der Waals surface area (Å²) in [5.41, 5.74) is 4.40. The molecule has 3 aliphatic heterocycles. The number of nitrogens with one attached hydrogen (secondary N) is 1. The van der Waals surface area contributed by atoms with E-state index >= 15 is 0 Å². The maximum absolute atomic E-state index is 13.0. The molecule has 1 saturated carbocycles. The number of likely N-dealkylation sites (tertiary alicyclic amines) is 1. The number of hydrogen-bond acceptors (Lipinski definition) is 7. The second kappa shape index (κ2) is 9.72. The number of carbonyl (C=O) groups is 3. The zero-order chi connectivity index (χ0) is 26.5. The van der Waals surface area contributed by atoms with Crippen LogP contribution in [0.5, 0.6) is 5.75 Å². The van der Waals surface area contributed by atoms with E-state index < -0.39 is 11.9 Å². The van der Waals surface area contributed by atoms with Crippen molar-refractivity contribution in [3.8, 4) is 5.75 Å². The second-order valence-corrected chi connectivity index (χ2v) is 11.2. The number of amides is 3. The van der Waals surface area contributed by atoms with Crippen molar-refractivity contribution in [3.05, 3.63) is 65.5 Å². The minimum Gasteiger partial charge on any atom is -0.489 e. The standard InChI is InChI=1S/C30H31N5O4/c36-28-12-11-26(29(37)33-28)35-17-18-13-20(9-10-21(18)30(35)38)39-27-8-4-3-7-25(27)34-15-19(16-34)24-14-31-22-5-1-2-6-23(22)32-24/h1-2,5-6,9-10,13-14,19,25-27H,3-4,7-8,11-12,15-17H2,(H,33,36,37). The van der Waals surface area contributed by atoms with Gasteiger partial charge in [0, 0.05) is 49.8 Å². The van der Waals surface area contributed by atoms with Crippen molar-refractivity contribution in [1.82, 2.24) is 25.1 Å². The van der Waals surface area contributed by atoms with Gasteiger partial charge in [-0.3, -0.25) is 29.6 Å². The van der Waals surface area contributed by atoms with Crippen molar-refractivity contribution in [2.75, 3.05) is 13.1 Å². The number of para-hydroxylation sites is 2. The van der Waals surface area contributed by atoms with Crippen LogP contribution in [0.15, 0.2) is 48.7 Å². The molecule has 4 heterocycles. The van der Waals surface area contributed by atoms with Gasteiger partial charge in [-0.05, 0) is 61.6 Å². The Balaban J connectivity index is 1.02. The monoisotopic (exact) mass is 525 g/mol. The predicted octanol–water partition coefficient (Wildman–Crippen LogP) is 3.18. The number of piperidine rings is 1. The lowest BCUT2D eigenvalue weighted by Gasteiger charge is -2.48. The van der Waals surface area contributed by atoms with E-state index in [1.165, 1.54) is 6.42 Å². The number of imide groups is 1. The van der Waals surface area contributed by atoms with E-state index in [4.69, 9.17) is 9.72 Å². The van der Waals surface area contributed by atoms with Gasteiger partial charge in [0.25, 0.3) is 5.91 Å². The third kappa shape index (κ3) is 4.44. The molecule has 9 heteroatoms. The maximum atomic E-state index is 13.0. The van der Waals surface area contributed by atoms with Crippen LogP contribution in [-0.4, -0.2) is 68.8 Å². The van der Waals surface area contributed by atoms with Crippen LogP contribution in [0.2, 0.25) is 0 Å². The highest BCUT2D eigenvalue weighted by Crippen LogP contribution is 2.36. The van der Waals surface area contributed by atoms with Gasteiger partial charge in [0.05, 0.1) is 16.7 Å². The number of ether oxygens (including phenoxy) is 1. The van der Waals surface area contributed by atoms with Crippen molar-refractivity contribution in [3.63, 3.8) is 0 Å². The van der Waals surface area contributed by atoms with Crippen LogP contribution in [-0.2, 0) is 16.1 Å². The Bertz CT molecular complexity index is 1470. The smallest absolute Gasteiger partial charge is 0.255 e. The Morgan fingerprint density at radius 1 is 0.949 bits per heavy atom. The third-order valence-electron chi connectivity index (χ3n) is 8.71. The molecule has 4 aliphatic rings. The van der Waals surface area contributed by atoms with Gasteiger partial charge in [0.1, 0.15) is 17.9 Å². The van der Waals surface area contributed by atoms with Gasteiger partial charge in [0.2, 0.25) is 11.8 Å². The Morgan fingerprint density at radius 3 is 2.62 bits per heavy atom. The minimum atomic E-state index is -0.610. The van der Waals surface area contributed by atoms with Crippen LogP contribution in [0.1, 0.15) is 66.1 Å². The number of carbonyl (C=O) groups excluding carboxylic acids is 3. The highest BCUT2D eigenvalue weighted by atomic mass is 16.5. The van der Waals surface area contributed by atoms with E-state index in [1.54, 1.807) is 4.90 Å². The molecule has 3 unspecified atom stereocenters. The topological polar surface area (TPSA) is 105 Å². The molecule has 7 rings (SSSR count). The van der Waals surface area contributed by atoms with Gasteiger partial charge in [-0.2, -0.15) is 0 Å². The highest BCUT2D eigenvalue weighted by molar-refractivity contribution is 6.05. The molecule has 1 N–H and O–H groups in total. The molecule has 3 fully saturated rings. The Morgan fingerprint density at radius 2 is 1.77 bits per heavy atom. The molecule has 3 atom stereocenters. The van der Waals surface area contributed by atoms with E-state index in [0.717, 1.165) is 60.4 Å². The largest absolute Gasteiger partial charge is 0.489 e. The van der Waals surface area contributed by atoms with E-state index in [1.807, 2.05) is 48.7 Å². The first-order valence-corrected chi connectivity index (χ1v) is 13.9. The van der Waals surface area contributed by atoms with Crippen LogP contribution in [0.25, 0.3) is 11.0 Å². The summed E-state index contributed by atoms with van der Waals surface area (Å²) in [4.78, 5) is 50.5. The molecular formula is C30H31N5O4. The predicted molar refractivity (Wildman–Crippen MR) is 143 cm³/mol. The lowest BCUT2D eigenvalue weighted by molar-refractivity contribution is -0.136. The van der Waals surface area contributed by atoms with Gasteiger partial charge < -0.3 is 9.64 Å². The quantitative estimate of drug-likeness (QED) is 0.510. The second-order valence-electron chi connectivity index (χ2n) is 11.2. The first kappa shape index (κ1) is 24.2. The summed E-state index contributed by atoms with van der Waals surface area (Å²) in [6, 6.07) is 13.4. The Kier molecular flexibility index (Phi) is 6.03. The molecule has 200 valence electrons. The van der Waals surface area contributed by atoms with Crippen LogP contribution in [0.4, 0.5) is 0 Å². The van der Waals surface area contributed by atoms with Gasteiger partial charge in [0.15, 0.2) is 0 Å². The lowest BCUT2D eigenvalue weighted by Crippen LogP contribution is -2.57. The summed E-state index contributed by atoms with van der Waals surface area (Å²) in [5, 5.41) is 2.36. The molecule has 0 spiro atoms. The Hall–Kier alpha value is -3.85. The first-order valence-electron chi connectivity index (χ1n) is 13.9. The van der Waals surface area contributed by atoms with Crippen molar-refractivity contribution in [2.45, 2.75) is 69.2 Å². The van der Waals surface area contributed by atoms with E-state index in [-0.39, 0.29) is 24.3 Å². The number of fused-ring (bicyclic) bond motifs is 2. The van der Waals surface area contributed by atoms with Gasteiger partial charge >= 0.3 is 0 Å². The van der Waals surface area contributed by atoms with Gasteiger partial charge in [-0.1, -0.05) is 18.6 Å². The molecule has 1 aromatic heterocycles. The number of benzene rings is 2. The summed E-state index contributed by atoms with van der Waals surface area (Å²) in [6.07, 6.45) is 7.06. The molecule has 39 heavy (non-hydrogen) atoms. The fourth-order valence-corrected chi connectivity index (χ4v) is 6.57. The third-order valence-corrected chi connectivity index (χ3v) is 8.71. The lowest BCUT2D eigenvalue weighted by atomic mass is 9.86. The van der Waals surface area contributed by atoms with E-state index in [9.17, 15) is 14.4 Å². The molecule has 3 amide bonds. The fourth-order valence-electron chi connectivity index (χ4n) is 6.57. The molecule has 3 aromatic rings. The molecular weight excluding hydrogens is 494 g/mol. The van der Waals surface area contributed by atoms with Crippen LogP contribution in [0.3, 0.4) is 0 Å². The van der Waals surface area contributed by atoms with Gasteiger partial charge in [-0.15, -0.1) is 0 Å². The number of aromatic nitrogens is 2. The molecule has 0 bridgehead atoms. The molecule has 9 nitrogen and oxygen atoms in total. The number of hydrogen-bond donors (Lipinski definition) is 1. The molecule has 1 aliphatic carbocycles. The fraction of sp³-hybridized carbons (Fsp3) is 0.433. The zero-order valence-electron chi connectivity index (χ0n) is 21.7. The van der Waals surface area contributed by atoms with Crippen LogP contribution in [0, 0.1) is 0 Å². The van der Waals surface area contributed by atoms with Gasteiger partial charge in [-0.25, -0.2) is 4.98 Å². The SMILES string of the molecule is O=C1CCC(N2Cc3cc(OC4CCCCC4N4CC(c5cnc6ccccc6n5)C4)ccc3C2=O)C(=O)N1. The van der Waals surface area contributed by atoms with Crippen molar-refractivity contribution >= 4 is 28.8 Å². The Labute approximate surface area is 226 Å². The molecule has 2 aromatic carbocycles. The average molecular weight is 526 g/mol. The average Bonchev–Trinajstić information content (AvgIpc) is 3.24. The van der Waals surface area contributed by atoms with Crippen LogP contribution < -0.4 is 10.1 Å². The summed E-state index contributed by atoms with van der Waals surface area (Å²) in [5.74, 6) is 0.313. The summed E-state index contributed by atoms with van der Waals surface area (Å²) in [6.45, 7) is 2.26. The van der Waals surface area contributed by atoms with Crippen molar-refractivity contribution in [1.29, 1.82) is 0 Å². The first-order chi connectivity index (χ1) is 19.0. The molecule has 0 radical (unpaired) electrons. The highest BCUT2D eigenvalue weighted by Gasteiger charge is 2.41. The summed E-state index contributed by atoms with van der Waals surface area (Å²) < 4.78 is 6.58. The van der Waals surface area contributed by atoms with E-state index in [0.29, 0.717) is 30.5 Å². The van der Waals surface area contributed by atoms with Crippen molar-refractivity contribution in [2.24, 2.45) is 0 Å². The number of rotatable bonds is 5. The normalized spacial score (nSPS) is 25.9.